The number of carbonyl (C=O) groups excluding carboxylic acids is 1. The van der Waals surface area contributed by atoms with E-state index in [0.717, 1.165) is 24.2 Å². The van der Waals surface area contributed by atoms with Gasteiger partial charge in [-0.05, 0) is 55.7 Å². The predicted octanol–water partition coefficient (Wildman–Crippen LogP) is 3.80. The lowest BCUT2D eigenvalue weighted by Gasteiger charge is -2.34. The summed E-state index contributed by atoms with van der Waals surface area (Å²) in [6, 6.07) is 17.2. The van der Waals surface area contributed by atoms with Crippen molar-refractivity contribution in [3.05, 3.63) is 60.9 Å². The number of likely N-dealkylation sites (tertiary alicyclic amines) is 1. The third-order valence-corrected chi connectivity index (χ3v) is 6.35. The standard InChI is InChI=1S/C26H28N6O3/c1-2-21(33)26(34)31-14-6-7-18(15-31)32-25-22(24(27)28-16-29-25)23(30-32)17-10-12-20(13-11-17)35-19-8-4-3-5-9-19/h3-5,8-13,16,18,21,33H,2,6-7,14-15H2,1H3,(H2,27,28,29). The summed E-state index contributed by atoms with van der Waals surface area (Å²) in [4.78, 5) is 23.0. The maximum absolute atomic E-state index is 12.6. The number of hydrogen-bond donors (Lipinski definition) is 2. The van der Waals surface area contributed by atoms with Gasteiger partial charge in [-0.3, -0.25) is 4.79 Å². The van der Waals surface area contributed by atoms with Gasteiger partial charge >= 0.3 is 0 Å². The number of para-hydroxylation sites is 1. The van der Waals surface area contributed by atoms with E-state index in [-0.39, 0.29) is 11.9 Å². The lowest BCUT2D eigenvalue weighted by atomic mass is 10.0. The van der Waals surface area contributed by atoms with Gasteiger partial charge in [-0.2, -0.15) is 5.10 Å². The lowest BCUT2D eigenvalue weighted by molar-refractivity contribution is -0.142. The Labute approximate surface area is 203 Å². The van der Waals surface area contributed by atoms with Gasteiger partial charge in [0.15, 0.2) is 5.65 Å². The van der Waals surface area contributed by atoms with E-state index in [1.54, 1.807) is 11.8 Å². The number of ether oxygens (including phenoxy) is 1. The topological polar surface area (TPSA) is 119 Å². The highest BCUT2D eigenvalue weighted by Gasteiger charge is 2.30. The van der Waals surface area contributed by atoms with E-state index < -0.39 is 6.10 Å². The fraction of sp³-hybridized carbons (Fsp3) is 0.308. The third kappa shape index (κ3) is 4.54. The van der Waals surface area contributed by atoms with Gasteiger partial charge in [0.1, 0.15) is 35.4 Å². The Kier molecular flexibility index (Phi) is 6.33. The lowest BCUT2D eigenvalue weighted by Crippen LogP contribution is -2.45. The molecule has 2 atom stereocenters. The highest BCUT2D eigenvalue weighted by Crippen LogP contribution is 2.35. The number of fused-ring (bicyclic) bond motifs is 1. The quantitative estimate of drug-likeness (QED) is 0.438. The number of anilines is 1. The molecule has 1 fully saturated rings. The minimum atomic E-state index is -0.978. The zero-order chi connectivity index (χ0) is 24.4. The Morgan fingerprint density at radius 3 is 2.63 bits per heavy atom. The van der Waals surface area contributed by atoms with Crippen molar-refractivity contribution in [3.63, 3.8) is 0 Å². The van der Waals surface area contributed by atoms with Crippen LogP contribution in [-0.2, 0) is 4.79 Å². The number of amides is 1. The largest absolute Gasteiger partial charge is 0.457 e. The van der Waals surface area contributed by atoms with E-state index in [1.165, 1.54) is 6.33 Å². The first-order valence-corrected chi connectivity index (χ1v) is 11.8. The molecule has 0 radical (unpaired) electrons. The summed E-state index contributed by atoms with van der Waals surface area (Å²) in [6.45, 7) is 2.88. The molecule has 3 heterocycles. The number of aliphatic hydroxyl groups excluding tert-OH is 1. The molecule has 0 aliphatic carbocycles. The monoisotopic (exact) mass is 472 g/mol. The molecule has 1 saturated heterocycles. The Morgan fingerprint density at radius 2 is 1.89 bits per heavy atom. The number of hydrogen-bond acceptors (Lipinski definition) is 7. The van der Waals surface area contributed by atoms with Gasteiger partial charge in [-0.15, -0.1) is 0 Å². The first kappa shape index (κ1) is 22.8. The molecule has 0 spiro atoms. The molecule has 1 aliphatic heterocycles. The predicted molar refractivity (Wildman–Crippen MR) is 133 cm³/mol. The van der Waals surface area contributed by atoms with Crippen LogP contribution >= 0.6 is 0 Å². The van der Waals surface area contributed by atoms with Gasteiger partial charge in [0.2, 0.25) is 0 Å². The number of rotatable bonds is 6. The molecule has 180 valence electrons. The van der Waals surface area contributed by atoms with Crippen molar-refractivity contribution in [2.45, 2.75) is 38.3 Å². The normalized spacial score (nSPS) is 16.9. The van der Waals surface area contributed by atoms with Crippen LogP contribution in [-0.4, -0.2) is 54.9 Å². The van der Waals surface area contributed by atoms with E-state index in [2.05, 4.69) is 9.97 Å². The van der Waals surface area contributed by atoms with Crippen molar-refractivity contribution in [2.24, 2.45) is 0 Å². The van der Waals surface area contributed by atoms with Gasteiger partial charge in [-0.1, -0.05) is 25.1 Å². The Balaban J connectivity index is 1.47. The summed E-state index contributed by atoms with van der Waals surface area (Å²) < 4.78 is 7.77. The molecule has 2 aromatic carbocycles. The molecule has 9 heteroatoms. The summed E-state index contributed by atoms with van der Waals surface area (Å²) in [7, 11) is 0. The maximum Gasteiger partial charge on any atom is 0.251 e. The second-order valence-corrected chi connectivity index (χ2v) is 8.69. The van der Waals surface area contributed by atoms with Gasteiger partial charge in [0.25, 0.3) is 5.91 Å². The van der Waals surface area contributed by atoms with Crippen LogP contribution < -0.4 is 10.5 Å². The number of aromatic nitrogens is 4. The Morgan fingerprint density at radius 1 is 1.14 bits per heavy atom. The average Bonchev–Trinajstić information content (AvgIpc) is 3.30. The van der Waals surface area contributed by atoms with Gasteiger partial charge in [-0.25, -0.2) is 14.6 Å². The molecule has 2 unspecified atom stereocenters. The van der Waals surface area contributed by atoms with Gasteiger partial charge < -0.3 is 20.5 Å². The number of nitrogen functional groups attached to an aromatic ring is 1. The zero-order valence-electron chi connectivity index (χ0n) is 19.5. The molecule has 3 N–H and O–H groups in total. The Bertz CT molecular complexity index is 1320. The van der Waals surface area contributed by atoms with Crippen LogP contribution in [0.4, 0.5) is 5.82 Å². The molecule has 5 rings (SSSR count). The molecule has 0 saturated carbocycles. The Hall–Kier alpha value is -3.98. The SMILES string of the molecule is CCC(O)C(=O)N1CCCC(n2nc(-c3ccc(Oc4ccccc4)cc3)c3c(N)ncnc32)C1. The minimum absolute atomic E-state index is 0.0806. The molecule has 35 heavy (non-hydrogen) atoms. The van der Waals surface area contributed by atoms with E-state index in [1.807, 2.05) is 59.3 Å². The van der Waals surface area contributed by atoms with Crippen LogP contribution in [0.1, 0.15) is 32.2 Å². The van der Waals surface area contributed by atoms with Crippen molar-refractivity contribution in [1.82, 2.24) is 24.6 Å². The molecular formula is C26H28N6O3. The van der Waals surface area contributed by atoms with Gasteiger partial charge in [0, 0.05) is 18.7 Å². The summed E-state index contributed by atoms with van der Waals surface area (Å²) >= 11 is 0. The van der Waals surface area contributed by atoms with Crippen LogP contribution in [0.25, 0.3) is 22.3 Å². The van der Waals surface area contributed by atoms with Crippen LogP contribution in [0.2, 0.25) is 0 Å². The maximum atomic E-state index is 12.6. The van der Waals surface area contributed by atoms with Crippen molar-refractivity contribution in [2.75, 3.05) is 18.8 Å². The van der Waals surface area contributed by atoms with Crippen LogP contribution in [0.15, 0.2) is 60.9 Å². The third-order valence-electron chi connectivity index (χ3n) is 6.35. The molecule has 2 aromatic heterocycles. The average molecular weight is 473 g/mol. The van der Waals surface area contributed by atoms with Crippen LogP contribution in [0.3, 0.4) is 0 Å². The first-order chi connectivity index (χ1) is 17.0. The van der Waals surface area contributed by atoms with Gasteiger partial charge in [0.05, 0.1) is 11.4 Å². The molecule has 1 aliphatic rings. The number of nitrogens with zero attached hydrogens (tertiary/aromatic N) is 5. The molecule has 1 amide bonds. The molecule has 4 aromatic rings. The van der Waals surface area contributed by atoms with E-state index in [4.69, 9.17) is 15.6 Å². The fourth-order valence-corrected chi connectivity index (χ4v) is 4.50. The van der Waals surface area contributed by atoms with Crippen LogP contribution in [0, 0.1) is 0 Å². The fourth-order valence-electron chi connectivity index (χ4n) is 4.50. The summed E-state index contributed by atoms with van der Waals surface area (Å²) in [6.07, 6.45) is 2.50. The molecule has 9 nitrogen and oxygen atoms in total. The summed E-state index contributed by atoms with van der Waals surface area (Å²) in [5.74, 6) is 1.59. The second kappa shape index (κ2) is 9.71. The van der Waals surface area contributed by atoms with Crippen molar-refractivity contribution >= 4 is 22.8 Å². The number of carbonyl (C=O) groups is 1. The van der Waals surface area contributed by atoms with Crippen molar-refractivity contribution < 1.29 is 14.6 Å². The number of aliphatic hydroxyl groups is 1. The summed E-state index contributed by atoms with van der Waals surface area (Å²) in [5.41, 5.74) is 8.45. The molecule has 0 bridgehead atoms. The number of nitrogens with two attached hydrogens (primary N) is 1. The van der Waals surface area contributed by atoms with E-state index in [0.29, 0.717) is 47.8 Å². The highest BCUT2D eigenvalue weighted by molar-refractivity contribution is 5.98. The summed E-state index contributed by atoms with van der Waals surface area (Å²) in [5, 5.41) is 15.6. The zero-order valence-corrected chi connectivity index (χ0v) is 19.5. The second-order valence-electron chi connectivity index (χ2n) is 8.69. The molecular weight excluding hydrogens is 444 g/mol. The van der Waals surface area contributed by atoms with Crippen molar-refractivity contribution in [1.29, 1.82) is 0 Å². The highest BCUT2D eigenvalue weighted by atomic mass is 16.5. The van der Waals surface area contributed by atoms with Crippen LogP contribution in [0.5, 0.6) is 11.5 Å². The first-order valence-electron chi connectivity index (χ1n) is 11.8. The van der Waals surface area contributed by atoms with E-state index >= 15 is 0 Å². The number of piperidine rings is 1. The van der Waals surface area contributed by atoms with Crippen molar-refractivity contribution in [3.8, 4) is 22.8 Å². The van der Waals surface area contributed by atoms with E-state index in [9.17, 15) is 9.90 Å². The minimum Gasteiger partial charge on any atom is -0.457 e. The number of benzene rings is 2. The smallest absolute Gasteiger partial charge is 0.251 e.